The van der Waals surface area contributed by atoms with E-state index in [2.05, 4.69) is 0 Å². The van der Waals surface area contributed by atoms with Gasteiger partial charge in [-0.3, -0.25) is 4.79 Å². The molecule has 6 heteroatoms. The highest BCUT2D eigenvalue weighted by atomic mass is 19.2. The molecule has 0 radical (unpaired) electrons. The molecular weight excluding hydrogens is 256 g/mol. The van der Waals surface area contributed by atoms with Crippen LogP contribution in [-0.4, -0.2) is 21.4 Å². The summed E-state index contributed by atoms with van der Waals surface area (Å²) in [5, 5.41) is 9.05. The normalized spacial score (nSPS) is 10.5. The minimum atomic E-state index is -1.27. The van der Waals surface area contributed by atoms with Crippen LogP contribution >= 0.6 is 0 Å². The lowest BCUT2D eigenvalue weighted by atomic mass is 10.2. The number of ketones is 1. The van der Waals surface area contributed by atoms with Gasteiger partial charge in [-0.2, -0.15) is 0 Å². The van der Waals surface area contributed by atoms with Gasteiger partial charge in [0.05, 0.1) is 0 Å². The smallest absolute Gasteiger partial charge is 0.352 e. The summed E-state index contributed by atoms with van der Waals surface area (Å²) in [4.78, 5) is 22.3. The third-order valence-electron chi connectivity index (χ3n) is 2.63. The Morgan fingerprint density at radius 2 is 1.84 bits per heavy atom. The molecule has 0 amide bonds. The Balaban J connectivity index is 2.62. The van der Waals surface area contributed by atoms with Crippen molar-refractivity contribution < 1.29 is 23.5 Å². The van der Waals surface area contributed by atoms with E-state index in [0.717, 1.165) is 16.7 Å². The summed E-state index contributed by atoms with van der Waals surface area (Å²) in [5.41, 5.74) is 0.113. The first-order valence-electron chi connectivity index (χ1n) is 5.32. The van der Waals surface area contributed by atoms with Gasteiger partial charge in [0.1, 0.15) is 5.69 Å². The molecule has 0 aliphatic heterocycles. The van der Waals surface area contributed by atoms with E-state index >= 15 is 0 Å². The predicted molar refractivity (Wildman–Crippen MR) is 62.6 cm³/mol. The number of rotatable bonds is 3. The van der Waals surface area contributed by atoms with Crippen molar-refractivity contribution in [2.75, 3.05) is 0 Å². The monoisotopic (exact) mass is 265 g/mol. The van der Waals surface area contributed by atoms with Crippen molar-refractivity contribution in [1.29, 1.82) is 0 Å². The lowest BCUT2D eigenvalue weighted by Gasteiger charge is -2.06. The van der Waals surface area contributed by atoms with Gasteiger partial charge in [0, 0.05) is 23.5 Å². The van der Waals surface area contributed by atoms with Gasteiger partial charge in [-0.1, -0.05) is 0 Å². The third-order valence-corrected chi connectivity index (χ3v) is 2.63. The van der Waals surface area contributed by atoms with Crippen LogP contribution in [0.15, 0.2) is 30.5 Å². The SMILES string of the molecule is CC(=O)c1cc(C(=O)O)n(-c2ccc(F)c(F)c2)c1. The molecule has 4 nitrogen and oxygen atoms in total. The molecule has 19 heavy (non-hydrogen) atoms. The number of aromatic nitrogens is 1. The summed E-state index contributed by atoms with van der Waals surface area (Å²) in [6, 6.07) is 4.18. The number of hydrogen-bond donors (Lipinski definition) is 1. The van der Waals surface area contributed by atoms with E-state index in [9.17, 15) is 18.4 Å². The Morgan fingerprint density at radius 3 is 2.37 bits per heavy atom. The van der Waals surface area contributed by atoms with Gasteiger partial charge in [-0.25, -0.2) is 13.6 Å². The van der Waals surface area contributed by atoms with Crippen LogP contribution in [0.3, 0.4) is 0 Å². The summed E-state index contributed by atoms with van der Waals surface area (Å²) < 4.78 is 27.1. The van der Waals surface area contributed by atoms with Crippen molar-refractivity contribution in [1.82, 2.24) is 4.57 Å². The number of carbonyl (C=O) groups excluding carboxylic acids is 1. The molecule has 98 valence electrons. The average molecular weight is 265 g/mol. The van der Waals surface area contributed by atoms with Crippen LogP contribution in [0, 0.1) is 11.6 Å². The zero-order valence-electron chi connectivity index (χ0n) is 9.85. The minimum absolute atomic E-state index is 0.129. The molecule has 1 heterocycles. The molecule has 0 saturated carbocycles. The maximum Gasteiger partial charge on any atom is 0.352 e. The Kier molecular flexibility index (Phi) is 3.16. The van der Waals surface area contributed by atoms with Crippen molar-refractivity contribution in [3.8, 4) is 5.69 Å². The Hall–Kier alpha value is -2.50. The zero-order chi connectivity index (χ0) is 14.2. The van der Waals surface area contributed by atoms with Crippen molar-refractivity contribution in [2.45, 2.75) is 6.92 Å². The number of halogens is 2. The maximum atomic E-state index is 13.2. The van der Waals surface area contributed by atoms with Crippen LogP contribution in [0.25, 0.3) is 5.69 Å². The lowest BCUT2D eigenvalue weighted by Crippen LogP contribution is -2.06. The van der Waals surface area contributed by atoms with Crippen LogP contribution in [0.1, 0.15) is 27.8 Å². The highest BCUT2D eigenvalue weighted by Gasteiger charge is 2.16. The molecule has 0 aliphatic rings. The lowest BCUT2D eigenvalue weighted by molar-refractivity contribution is 0.0688. The average Bonchev–Trinajstić information content (AvgIpc) is 2.78. The number of carbonyl (C=O) groups is 2. The summed E-state index contributed by atoms with van der Waals surface area (Å²) in [6.45, 7) is 1.29. The predicted octanol–water partition coefficient (Wildman–Crippen LogP) is 2.66. The highest BCUT2D eigenvalue weighted by Crippen LogP contribution is 2.19. The van der Waals surface area contributed by atoms with Gasteiger partial charge in [-0.05, 0) is 25.1 Å². The Morgan fingerprint density at radius 1 is 1.16 bits per heavy atom. The van der Waals surface area contributed by atoms with Gasteiger partial charge in [0.25, 0.3) is 0 Å². The topological polar surface area (TPSA) is 59.3 Å². The van der Waals surface area contributed by atoms with Gasteiger partial charge in [0.15, 0.2) is 17.4 Å². The van der Waals surface area contributed by atoms with E-state index in [4.69, 9.17) is 5.11 Å². The largest absolute Gasteiger partial charge is 0.477 e. The quantitative estimate of drug-likeness (QED) is 0.868. The van der Waals surface area contributed by atoms with E-state index in [0.29, 0.717) is 0 Å². The van der Waals surface area contributed by atoms with E-state index in [-0.39, 0.29) is 22.7 Å². The maximum absolute atomic E-state index is 13.2. The molecule has 0 unspecified atom stereocenters. The fraction of sp³-hybridized carbons (Fsp3) is 0.0769. The van der Waals surface area contributed by atoms with Gasteiger partial charge >= 0.3 is 5.97 Å². The Bertz CT molecular complexity index is 677. The van der Waals surface area contributed by atoms with Crippen LogP contribution in [0.2, 0.25) is 0 Å². The third kappa shape index (κ3) is 2.37. The molecule has 0 atom stereocenters. The van der Waals surface area contributed by atoms with E-state index in [1.54, 1.807) is 0 Å². The van der Waals surface area contributed by atoms with Crippen LogP contribution in [-0.2, 0) is 0 Å². The van der Waals surface area contributed by atoms with Crippen molar-refractivity contribution in [2.24, 2.45) is 0 Å². The van der Waals surface area contributed by atoms with Gasteiger partial charge in [0.2, 0.25) is 0 Å². The molecule has 1 aromatic heterocycles. The zero-order valence-corrected chi connectivity index (χ0v) is 9.85. The highest BCUT2D eigenvalue weighted by molar-refractivity contribution is 5.97. The first-order chi connectivity index (χ1) is 8.90. The van der Waals surface area contributed by atoms with Gasteiger partial charge in [-0.15, -0.1) is 0 Å². The molecule has 1 N–H and O–H groups in total. The second-order valence-corrected chi connectivity index (χ2v) is 3.94. The summed E-state index contributed by atoms with van der Waals surface area (Å²) >= 11 is 0. The molecular formula is C13H9F2NO3. The van der Waals surface area contributed by atoms with Crippen molar-refractivity contribution in [3.05, 3.63) is 53.4 Å². The molecule has 1 aromatic carbocycles. The number of benzene rings is 1. The summed E-state index contributed by atoms with van der Waals surface area (Å²) in [6.07, 6.45) is 1.28. The number of Topliss-reactive ketones (excluding diaryl/α,β-unsaturated/α-hetero) is 1. The molecule has 0 bridgehead atoms. The number of nitrogens with zero attached hydrogens (tertiary/aromatic N) is 1. The molecule has 2 aromatic rings. The van der Waals surface area contributed by atoms with Crippen LogP contribution < -0.4 is 0 Å². The summed E-state index contributed by atoms with van der Waals surface area (Å²) in [7, 11) is 0. The number of carboxylic acid groups (broad SMARTS) is 1. The van der Waals surface area contributed by atoms with E-state index in [1.807, 2.05) is 0 Å². The van der Waals surface area contributed by atoms with Gasteiger partial charge < -0.3 is 9.67 Å². The molecule has 2 rings (SSSR count). The number of hydrogen-bond acceptors (Lipinski definition) is 2. The van der Waals surface area contributed by atoms with E-state index < -0.39 is 17.6 Å². The number of aromatic carboxylic acids is 1. The first kappa shape index (κ1) is 12.9. The first-order valence-corrected chi connectivity index (χ1v) is 5.32. The Labute approximate surface area is 106 Å². The van der Waals surface area contributed by atoms with Crippen LogP contribution in [0.5, 0.6) is 0 Å². The molecule has 0 aliphatic carbocycles. The number of carboxylic acids is 1. The molecule has 0 saturated heterocycles. The van der Waals surface area contributed by atoms with Crippen molar-refractivity contribution in [3.63, 3.8) is 0 Å². The fourth-order valence-electron chi connectivity index (χ4n) is 1.67. The minimum Gasteiger partial charge on any atom is -0.477 e. The fourth-order valence-corrected chi connectivity index (χ4v) is 1.67. The molecule has 0 fully saturated rings. The second kappa shape index (κ2) is 4.64. The van der Waals surface area contributed by atoms with Crippen molar-refractivity contribution >= 4 is 11.8 Å². The standard InChI is InChI=1S/C13H9F2NO3/c1-7(17)8-4-12(13(18)19)16(6-8)9-2-3-10(14)11(15)5-9/h2-6H,1H3,(H,18,19). The van der Waals surface area contributed by atoms with E-state index in [1.165, 1.54) is 25.3 Å². The summed E-state index contributed by atoms with van der Waals surface area (Å²) in [5.74, 6) is -3.70. The van der Waals surface area contributed by atoms with Crippen LogP contribution in [0.4, 0.5) is 8.78 Å². The molecule has 0 spiro atoms. The second-order valence-electron chi connectivity index (χ2n) is 3.94.